The molecule has 0 saturated carbocycles. The van der Waals surface area contributed by atoms with E-state index in [1.54, 1.807) is 6.20 Å². The van der Waals surface area contributed by atoms with Gasteiger partial charge in [-0.05, 0) is 50.9 Å². The normalized spacial score (nSPS) is 12.8. The lowest BCUT2D eigenvalue weighted by Crippen LogP contribution is -2.68. The highest BCUT2D eigenvalue weighted by molar-refractivity contribution is 7.16. The first-order chi connectivity index (χ1) is 20.9. The summed E-state index contributed by atoms with van der Waals surface area (Å²) in [5.74, 6) is 0.808. The average molecular weight is 577 g/mol. The van der Waals surface area contributed by atoms with Crippen LogP contribution in [0.2, 0.25) is 0 Å². The molecule has 0 N–H and O–H groups in total. The fourth-order valence-electron chi connectivity index (χ4n) is 6.02. The van der Waals surface area contributed by atoms with Crippen LogP contribution in [0.15, 0.2) is 150 Å². The zero-order valence-corrected chi connectivity index (χ0v) is 26.2. The molecule has 0 bridgehead atoms. The van der Waals surface area contributed by atoms with Crippen LogP contribution in [0, 0.1) is 0 Å². The molecular formula is C39H36N2OSi. The van der Waals surface area contributed by atoms with Crippen molar-refractivity contribution in [1.29, 1.82) is 0 Å². The first-order valence-electron chi connectivity index (χ1n) is 14.7. The summed E-state index contributed by atoms with van der Waals surface area (Å²) < 4.78 is 6.15. The van der Waals surface area contributed by atoms with Crippen molar-refractivity contribution >= 4 is 45.7 Å². The third-order valence-corrected chi connectivity index (χ3v) is 12.8. The van der Waals surface area contributed by atoms with Gasteiger partial charge in [-0.15, -0.1) is 0 Å². The summed E-state index contributed by atoms with van der Waals surface area (Å²) in [4.78, 5) is 9.53. The Morgan fingerprint density at radius 3 is 2.05 bits per heavy atom. The fraction of sp³-hybridized carbons (Fsp3) is 0.128. The zero-order valence-electron chi connectivity index (χ0n) is 25.2. The molecule has 0 fully saturated rings. The van der Waals surface area contributed by atoms with Gasteiger partial charge in [-0.1, -0.05) is 143 Å². The number of rotatable bonds is 7. The van der Waals surface area contributed by atoms with Crippen LogP contribution < -0.4 is 15.6 Å². The number of furan rings is 1. The van der Waals surface area contributed by atoms with Crippen LogP contribution in [-0.2, 0) is 5.41 Å². The molecule has 0 unspecified atom stereocenters. The lowest BCUT2D eigenvalue weighted by Gasteiger charge is -2.35. The van der Waals surface area contributed by atoms with Gasteiger partial charge in [-0.3, -0.25) is 0 Å². The summed E-state index contributed by atoms with van der Waals surface area (Å²) in [5.41, 5.74) is 4.50. The summed E-state index contributed by atoms with van der Waals surface area (Å²) in [6.07, 6.45) is 10.3. The number of hydrogen-bond donors (Lipinski definition) is 0. The first-order valence-corrected chi connectivity index (χ1v) is 16.7. The van der Waals surface area contributed by atoms with E-state index in [-0.39, 0.29) is 5.41 Å². The third kappa shape index (κ3) is 5.08. The molecule has 212 valence electrons. The van der Waals surface area contributed by atoms with Crippen molar-refractivity contribution in [2.75, 3.05) is 0 Å². The van der Waals surface area contributed by atoms with E-state index >= 15 is 0 Å². The molecular weight excluding hydrogens is 541 g/mol. The molecule has 0 radical (unpaired) electrons. The average Bonchev–Trinajstić information content (AvgIpc) is 3.40. The highest BCUT2D eigenvalue weighted by Crippen LogP contribution is 2.33. The Morgan fingerprint density at radius 2 is 1.42 bits per heavy atom. The Morgan fingerprint density at radius 1 is 0.767 bits per heavy atom. The lowest BCUT2D eigenvalue weighted by atomic mass is 9.95. The number of benzene rings is 4. The Hall–Kier alpha value is -4.80. The van der Waals surface area contributed by atoms with Crippen molar-refractivity contribution in [3.8, 4) is 11.1 Å². The Bertz CT molecular complexity index is 1940. The quantitative estimate of drug-likeness (QED) is 0.110. The smallest absolute Gasteiger partial charge is 0.179 e. The molecule has 4 heteroatoms. The van der Waals surface area contributed by atoms with Crippen molar-refractivity contribution in [3.63, 3.8) is 0 Å². The number of aromatic nitrogens is 2. The summed E-state index contributed by atoms with van der Waals surface area (Å²) >= 11 is 0. The molecule has 0 aliphatic carbocycles. The minimum Gasteiger partial charge on any atom is -0.453 e. The molecule has 0 spiro atoms. The number of nitrogens with zero attached hydrogens (tertiary/aromatic N) is 2. The number of fused-ring (bicyclic) bond motifs is 3. The van der Waals surface area contributed by atoms with Gasteiger partial charge in [0.15, 0.2) is 13.7 Å². The van der Waals surface area contributed by atoms with Crippen molar-refractivity contribution in [3.05, 3.63) is 151 Å². The van der Waals surface area contributed by atoms with Crippen LogP contribution in [0.25, 0.3) is 33.2 Å². The van der Waals surface area contributed by atoms with E-state index < -0.39 is 8.07 Å². The summed E-state index contributed by atoms with van der Waals surface area (Å²) in [6, 6.07) is 37.4. The van der Waals surface area contributed by atoms with Crippen LogP contribution in [0.3, 0.4) is 0 Å². The van der Waals surface area contributed by atoms with Gasteiger partial charge in [-0.25, -0.2) is 9.97 Å². The van der Waals surface area contributed by atoms with Crippen molar-refractivity contribution in [2.45, 2.75) is 33.1 Å². The van der Waals surface area contributed by atoms with Crippen LogP contribution in [0.1, 0.15) is 33.5 Å². The predicted octanol–water partition coefficient (Wildman–Crippen LogP) is 8.04. The molecule has 0 saturated heterocycles. The third-order valence-electron chi connectivity index (χ3n) is 8.00. The van der Waals surface area contributed by atoms with E-state index in [0.717, 1.165) is 33.4 Å². The van der Waals surface area contributed by atoms with Gasteiger partial charge in [-0.2, -0.15) is 0 Å². The minimum atomic E-state index is -2.71. The molecule has 43 heavy (non-hydrogen) atoms. The monoisotopic (exact) mass is 576 g/mol. The number of hydrogen-bond acceptors (Lipinski definition) is 3. The second-order valence-electron chi connectivity index (χ2n) is 11.9. The van der Waals surface area contributed by atoms with E-state index in [1.807, 2.05) is 6.08 Å². The highest BCUT2D eigenvalue weighted by Gasteiger charge is 2.42. The Balaban J connectivity index is 1.61. The summed E-state index contributed by atoms with van der Waals surface area (Å²) in [5, 5.41) is 6.24. The molecule has 4 aromatic carbocycles. The van der Waals surface area contributed by atoms with Gasteiger partial charge in [0.05, 0.1) is 6.20 Å². The maximum Gasteiger partial charge on any atom is 0.179 e. The summed E-state index contributed by atoms with van der Waals surface area (Å²) in [7, 11) is -2.71. The lowest BCUT2D eigenvalue weighted by molar-refractivity contribution is 0.546. The standard InChI is InChI=1S/C39H36N2OSi/c1-6-15-30(16-7-2)43(31-18-10-8-11-19-31,32-20-12-9-13-21-32)33-22-14-17-28(25-33)29-23-24-35-34(26-29)37-36(42-35)27-40-38(41-37)39(3,4)5/h6-27H,1H2,2-5H3/b16-7-,30-15+. The molecule has 6 aromatic rings. The van der Waals surface area contributed by atoms with Crippen molar-refractivity contribution in [2.24, 2.45) is 0 Å². The molecule has 3 nitrogen and oxygen atoms in total. The number of allylic oxidation sites excluding steroid dienone is 5. The molecule has 0 aliphatic rings. The van der Waals surface area contributed by atoms with E-state index in [9.17, 15) is 0 Å². The molecule has 0 aliphatic heterocycles. The maximum absolute atomic E-state index is 6.15. The first kappa shape index (κ1) is 28.3. The molecule has 0 atom stereocenters. The predicted molar refractivity (Wildman–Crippen MR) is 184 cm³/mol. The topological polar surface area (TPSA) is 38.9 Å². The van der Waals surface area contributed by atoms with E-state index in [1.165, 1.54) is 20.8 Å². The van der Waals surface area contributed by atoms with Gasteiger partial charge < -0.3 is 4.42 Å². The van der Waals surface area contributed by atoms with Gasteiger partial charge in [0, 0.05) is 10.8 Å². The van der Waals surface area contributed by atoms with Gasteiger partial charge in [0.1, 0.15) is 16.9 Å². The van der Waals surface area contributed by atoms with E-state index in [4.69, 9.17) is 9.40 Å². The Kier molecular flexibility index (Phi) is 7.55. The largest absolute Gasteiger partial charge is 0.453 e. The molecule has 6 rings (SSSR count). The van der Waals surface area contributed by atoms with Crippen LogP contribution in [-0.4, -0.2) is 18.0 Å². The summed E-state index contributed by atoms with van der Waals surface area (Å²) in [6.45, 7) is 12.6. The van der Waals surface area contributed by atoms with Crippen molar-refractivity contribution in [1.82, 2.24) is 9.97 Å². The zero-order chi connectivity index (χ0) is 30.0. The SMILES string of the molecule is C=C/C=C(\C=C/C)[Si](c1ccccc1)(c1ccccc1)c1cccc(-c2ccc3oc4cnc(C(C)(C)C)nc4c3c2)c1. The second-order valence-corrected chi connectivity index (χ2v) is 15.7. The van der Waals surface area contributed by atoms with Crippen LogP contribution >= 0.6 is 0 Å². The van der Waals surface area contributed by atoms with Gasteiger partial charge >= 0.3 is 0 Å². The maximum atomic E-state index is 6.15. The molecule has 0 amide bonds. The fourth-order valence-corrected chi connectivity index (χ4v) is 10.9. The minimum absolute atomic E-state index is 0.157. The van der Waals surface area contributed by atoms with E-state index in [2.05, 4.69) is 161 Å². The second kappa shape index (κ2) is 11.5. The van der Waals surface area contributed by atoms with Crippen LogP contribution in [0.4, 0.5) is 0 Å². The van der Waals surface area contributed by atoms with Gasteiger partial charge in [0.25, 0.3) is 0 Å². The van der Waals surface area contributed by atoms with Crippen molar-refractivity contribution < 1.29 is 4.42 Å². The molecule has 2 heterocycles. The highest BCUT2D eigenvalue weighted by atomic mass is 28.3. The van der Waals surface area contributed by atoms with E-state index in [0.29, 0.717) is 5.58 Å². The Labute approximate surface area is 255 Å². The van der Waals surface area contributed by atoms with Crippen LogP contribution in [0.5, 0.6) is 0 Å². The van der Waals surface area contributed by atoms with Gasteiger partial charge in [0.2, 0.25) is 0 Å². The molecule has 2 aromatic heterocycles.